The minimum atomic E-state index is -3.94. The van der Waals surface area contributed by atoms with E-state index in [-0.39, 0.29) is 38.5 Å². The molecule has 0 spiro atoms. The Morgan fingerprint density at radius 3 is 2.38 bits per heavy atom. The van der Waals surface area contributed by atoms with Gasteiger partial charge in [0.1, 0.15) is 0 Å². The maximum atomic E-state index is 10.6. The quantitative estimate of drug-likeness (QED) is 0.435. The van der Waals surface area contributed by atoms with E-state index in [4.69, 9.17) is 0 Å². The molecular formula is C5H12LiNO5S. The van der Waals surface area contributed by atoms with Gasteiger partial charge in [0, 0.05) is 0 Å². The topological polar surface area (TPSA) is 95.7 Å². The number of esters is 1. The van der Waals surface area contributed by atoms with Crippen LogP contribution in [0.4, 0.5) is 0 Å². The SMILES string of the molecule is CCOC(=O)CCOS(N)(=O)=O.[LiH]. The normalized spacial score (nSPS) is 10.3. The molecule has 0 aliphatic carbocycles. The molecule has 0 aromatic carbocycles. The summed E-state index contributed by atoms with van der Waals surface area (Å²) in [6, 6.07) is 0. The predicted octanol–water partition coefficient (Wildman–Crippen LogP) is -1.49. The van der Waals surface area contributed by atoms with E-state index < -0.39 is 16.3 Å². The summed E-state index contributed by atoms with van der Waals surface area (Å²) in [5.74, 6) is -0.513. The van der Waals surface area contributed by atoms with Crippen LogP contribution >= 0.6 is 0 Å². The monoisotopic (exact) mass is 205 g/mol. The Balaban J connectivity index is 0. The van der Waals surface area contributed by atoms with Gasteiger partial charge in [-0.15, -0.1) is 0 Å². The summed E-state index contributed by atoms with van der Waals surface area (Å²) >= 11 is 0. The summed E-state index contributed by atoms with van der Waals surface area (Å²) in [6.45, 7) is 1.63. The first-order valence-electron chi connectivity index (χ1n) is 3.28. The molecule has 0 saturated heterocycles. The van der Waals surface area contributed by atoms with E-state index in [1.807, 2.05) is 0 Å². The Bertz CT molecular complexity index is 239. The van der Waals surface area contributed by atoms with Crippen LogP contribution in [0, 0.1) is 0 Å². The molecule has 0 rings (SSSR count). The average molecular weight is 205 g/mol. The van der Waals surface area contributed by atoms with Crippen LogP contribution in [-0.4, -0.2) is 46.5 Å². The molecule has 6 nitrogen and oxygen atoms in total. The molecule has 0 aromatic heterocycles. The first kappa shape index (κ1) is 15.4. The molecule has 0 saturated carbocycles. The second-order valence-electron chi connectivity index (χ2n) is 1.87. The number of carbonyl (C=O) groups is 1. The van der Waals surface area contributed by atoms with Crippen molar-refractivity contribution in [3.05, 3.63) is 0 Å². The maximum absolute atomic E-state index is 10.6. The average Bonchev–Trinajstić information content (AvgIpc) is 1.84. The second kappa shape index (κ2) is 7.35. The molecule has 0 aromatic rings. The van der Waals surface area contributed by atoms with Crippen LogP contribution in [0.3, 0.4) is 0 Å². The van der Waals surface area contributed by atoms with Crippen molar-refractivity contribution in [2.24, 2.45) is 5.14 Å². The first-order valence-corrected chi connectivity index (χ1v) is 4.75. The zero-order valence-corrected chi connectivity index (χ0v) is 7.46. The summed E-state index contributed by atoms with van der Waals surface area (Å²) in [5, 5.41) is 4.49. The standard InChI is InChI=1S/C5H11NO5S.Li.H/c1-2-10-5(7)3-4-11-12(6,8)9;;/h2-4H2,1H3,(H2,6,8,9);;. The van der Waals surface area contributed by atoms with Crippen molar-refractivity contribution in [1.29, 1.82) is 0 Å². The number of hydrogen-bond acceptors (Lipinski definition) is 5. The molecular weight excluding hydrogens is 193 g/mol. The molecule has 0 aliphatic rings. The van der Waals surface area contributed by atoms with Gasteiger partial charge in [0.25, 0.3) is 0 Å². The molecule has 2 N–H and O–H groups in total. The molecule has 0 fully saturated rings. The number of hydrogen-bond donors (Lipinski definition) is 1. The van der Waals surface area contributed by atoms with Gasteiger partial charge in [-0.05, 0) is 6.92 Å². The fourth-order valence-corrected chi connectivity index (χ4v) is 0.790. The Labute approximate surface area is 89.2 Å². The van der Waals surface area contributed by atoms with Gasteiger partial charge in [0.2, 0.25) is 0 Å². The van der Waals surface area contributed by atoms with Crippen molar-refractivity contribution in [3.8, 4) is 0 Å². The molecule has 8 heteroatoms. The fourth-order valence-electron chi connectivity index (χ4n) is 0.474. The Morgan fingerprint density at radius 2 is 2.00 bits per heavy atom. The van der Waals surface area contributed by atoms with Crippen LogP contribution in [0.25, 0.3) is 0 Å². The Morgan fingerprint density at radius 1 is 1.46 bits per heavy atom. The van der Waals surface area contributed by atoms with Gasteiger partial charge < -0.3 is 4.74 Å². The van der Waals surface area contributed by atoms with Gasteiger partial charge >= 0.3 is 35.1 Å². The van der Waals surface area contributed by atoms with E-state index in [2.05, 4.69) is 14.1 Å². The summed E-state index contributed by atoms with van der Waals surface area (Å²) in [7, 11) is -3.94. The van der Waals surface area contributed by atoms with Gasteiger partial charge in [0.05, 0.1) is 19.6 Å². The van der Waals surface area contributed by atoms with Gasteiger partial charge in [0.15, 0.2) is 0 Å². The zero-order chi connectivity index (χ0) is 9.61. The van der Waals surface area contributed by atoms with Crippen LogP contribution < -0.4 is 5.14 Å². The van der Waals surface area contributed by atoms with Crippen LogP contribution in [0.15, 0.2) is 0 Å². The van der Waals surface area contributed by atoms with E-state index >= 15 is 0 Å². The third kappa shape index (κ3) is 11.9. The van der Waals surface area contributed by atoms with Crippen LogP contribution in [0.2, 0.25) is 0 Å². The van der Waals surface area contributed by atoms with Crippen molar-refractivity contribution >= 4 is 35.1 Å². The van der Waals surface area contributed by atoms with E-state index in [1.165, 1.54) is 0 Å². The molecule has 74 valence electrons. The van der Waals surface area contributed by atoms with Crippen molar-refractivity contribution in [3.63, 3.8) is 0 Å². The molecule has 13 heavy (non-hydrogen) atoms. The van der Waals surface area contributed by atoms with Crippen molar-refractivity contribution in [1.82, 2.24) is 0 Å². The molecule has 0 heterocycles. The Kier molecular flexibility index (Phi) is 8.72. The van der Waals surface area contributed by atoms with Gasteiger partial charge in [-0.25, -0.2) is 5.14 Å². The van der Waals surface area contributed by atoms with Crippen molar-refractivity contribution in [2.75, 3.05) is 13.2 Å². The molecule has 0 aliphatic heterocycles. The third-order valence-electron chi connectivity index (χ3n) is 0.859. The summed E-state index contributed by atoms with van der Waals surface area (Å²) in [5.41, 5.74) is 0. The van der Waals surface area contributed by atoms with Crippen LogP contribution in [0.5, 0.6) is 0 Å². The second-order valence-corrected chi connectivity index (χ2v) is 3.09. The Hall–Kier alpha value is -0.0626. The van der Waals surface area contributed by atoms with Crippen LogP contribution in [-0.2, 0) is 24.0 Å². The van der Waals surface area contributed by atoms with Gasteiger partial charge in [-0.2, -0.15) is 8.42 Å². The molecule has 0 amide bonds. The van der Waals surface area contributed by atoms with E-state index in [1.54, 1.807) is 6.92 Å². The minimum absolute atomic E-state index is 0. The number of carbonyl (C=O) groups excluding carboxylic acids is 1. The summed E-state index contributed by atoms with van der Waals surface area (Å²) in [6.07, 6.45) is -0.121. The third-order valence-corrected chi connectivity index (χ3v) is 1.35. The van der Waals surface area contributed by atoms with E-state index in [0.717, 1.165) is 0 Å². The van der Waals surface area contributed by atoms with E-state index in [9.17, 15) is 13.2 Å². The molecule has 0 atom stereocenters. The number of rotatable bonds is 5. The predicted molar refractivity (Wildman–Crippen MR) is 47.5 cm³/mol. The van der Waals surface area contributed by atoms with Gasteiger partial charge in [-0.1, -0.05) is 0 Å². The number of ether oxygens (including phenoxy) is 1. The summed E-state index contributed by atoms with van der Waals surface area (Å²) < 4.78 is 28.9. The molecule has 0 bridgehead atoms. The molecule has 0 radical (unpaired) electrons. The first-order chi connectivity index (χ1) is 5.45. The fraction of sp³-hybridized carbons (Fsp3) is 0.800. The number of nitrogens with two attached hydrogens (primary N) is 1. The summed E-state index contributed by atoms with van der Waals surface area (Å²) in [4.78, 5) is 10.6. The van der Waals surface area contributed by atoms with Crippen molar-refractivity contribution in [2.45, 2.75) is 13.3 Å². The zero-order valence-electron chi connectivity index (χ0n) is 6.65. The molecule has 0 unspecified atom stereocenters. The van der Waals surface area contributed by atoms with Gasteiger partial charge in [-0.3, -0.25) is 8.98 Å². The van der Waals surface area contributed by atoms with E-state index in [0.29, 0.717) is 0 Å². The van der Waals surface area contributed by atoms with Crippen molar-refractivity contribution < 1.29 is 22.1 Å². The van der Waals surface area contributed by atoms with Crippen LogP contribution in [0.1, 0.15) is 13.3 Å².